The van der Waals surface area contributed by atoms with Gasteiger partial charge in [-0.15, -0.1) is 0 Å². The summed E-state index contributed by atoms with van der Waals surface area (Å²) in [4.78, 5) is 38.2. The largest absolute Gasteiger partial charge is 0.494 e. The number of rotatable bonds is 10. The molecule has 0 aliphatic carbocycles. The van der Waals surface area contributed by atoms with Gasteiger partial charge in [0.25, 0.3) is 11.8 Å². The van der Waals surface area contributed by atoms with Crippen molar-refractivity contribution in [1.82, 2.24) is 10.2 Å². The van der Waals surface area contributed by atoms with Gasteiger partial charge in [-0.05, 0) is 56.4 Å². The summed E-state index contributed by atoms with van der Waals surface area (Å²) in [5.41, 5.74) is 0.427. The molecule has 0 unspecified atom stereocenters. The van der Waals surface area contributed by atoms with Crippen LogP contribution in [0.2, 0.25) is 0 Å². The summed E-state index contributed by atoms with van der Waals surface area (Å²) < 4.78 is 10.6. The Kier molecular flexibility index (Phi) is 9.47. The maximum absolute atomic E-state index is 12.3. The van der Waals surface area contributed by atoms with E-state index in [1.165, 1.54) is 0 Å². The van der Waals surface area contributed by atoms with Crippen molar-refractivity contribution >= 4 is 17.8 Å². The number of likely N-dealkylation sites (tertiary alicyclic amines) is 1. The third-order valence-corrected chi connectivity index (χ3v) is 5.05. The van der Waals surface area contributed by atoms with E-state index in [-0.39, 0.29) is 31.0 Å². The van der Waals surface area contributed by atoms with Crippen molar-refractivity contribution in [3.63, 3.8) is 0 Å². The summed E-state index contributed by atoms with van der Waals surface area (Å²) in [7, 11) is 0. The first-order valence-electron chi connectivity index (χ1n) is 10.5. The molecule has 7 heteroatoms. The number of carbonyl (C=O) groups excluding carboxylic acids is 3. The highest BCUT2D eigenvalue weighted by Gasteiger charge is 2.25. The lowest BCUT2D eigenvalue weighted by molar-refractivity contribution is -0.152. The van der Waals surface area contributed by atoms with Gasteiger partial charge in [0.05, 0.1) is 6.61 Å². The average Bonchev–Trinajstić information content (AvgIpc) is 2.76. The summed E-state index contributed by atoms with van der Waals surface area (Å²) >= 11 is 0. The van der Waals surface area contributed by atoms with Crippen LogP contribution < -0.4 is 10.1 Å². The highest BCUT2D eigenvalue weighted by atomic mass is 16.5. The molecule has 7 nitrogen and oxygen atoms in total. The molecule has 1 saturated heterocycles. The third-order valence-electron chi connectivity index (χ3n) is 5.05. The van der Waals surface area contributed by atoms with Crippen LogP contribution in [-0.2, 0) is 14.3 Å². The molecule has 1 aromatic carbocycles. The minimum Gasteiger partial charge on any atom is -0.494 e. The summed E-state index contributed by atoms with van der Waals surface area (Å²) in [6.07, 6.45) is 6.03. The first kappa shape index (κ1) is 22.7. The molecule has 0 spiro atoms. The normalized spacial score (nSPS) is 16.2. The highest BCUT2D eigenvalue weighted by molar-refractivity contribution is 5.96. The van der Waals surface area contributed by atoms with Crippen molar-refractivity contribution in [3.8, 4) is 5.75 Å². The Hall–Kier alpha value is -2.57. The molecule has 1 heterocycles. The van der Waals surface area contributed by atoms with E-state index in [2.05, 4.69) is 19.2 Å². The quantitative estimate of drug-likeness (QED) is 0.479. The Morgan fingerprint density at radius 3 is 2.59 bits per heavy atom. The van der Waals surface area contributed by atoms with Gasteiger partial charge >= 0.3 is 5.97 Å². The number of hydrogen-bond donors (Lipinski definition) is 1. The standard InChI is InChI=1S/C22H32N2O5/c1-3-5-14-28-19-11-9-17(10-12-19)22(27)23-15-21(26)29-16-20(25)24-13-7-6-8-18(24)4-2/h9-12,18H,3-8,13-16H2,1-2H3,(H,23,27)/t18-/m1/s1. The number of benzene rings is 1. The molecule has 1 fully saturated rings. The second kappa shape index (κ2) is 12.1. The monoisotopic (exact) mass is 404 g/mol. The smallest absolute Gasteiger partial charge is 0.325 e. The maximum Gasteiger partial charge on any atom is 0.325 e. The molecule has 1 N–H and O–H groups in total. The van der Waals surface area contributed by atoms with Crippen molar-refractivity contribution in [2.75, 3.05) is 26.3 Å². The van der Waals surface area contributed by atoms with E-state index in [1.807, 2.05) is 0 Å². The second-order valence-corrected chi connectivity index (χ2v) is 7.21. The zero-order valence-electron chi connectivity index (χ0n) is 17.4. The van der Waals surface area contributed by atoms with E-state index >= 15 is 0 Å². The fraction of sp³-hybridized carbons (Fsp3) is 0.591. The minimum atomic E-state index is -0.628. The van der Waals surface area contributed by atoms with E-state index < -0.39 is 5.97 Å². The molecule has 2 amide bonds. The molecule has 160 valence electrons. The van der Waals surface area contributed by atoms with Crippen LogP contribution in [0.4, 0.5) is 0 Å². The van der Waals surface area contributed by atoms with E-state index in [0.29, 0.717) is 24.5 Å². The van der Waals surface area contributed by atoms with Crippen LogP contribution in [0, 0.1) is 0 Å². The molecule has 1 aliphatic rings. The van der Waals surface area contributed by atoms with Crippen LogP contribution in [0.15, 0.2) is 24.3 Å². The number of amides is 2. The lowest BCUT2D eigenvalue weighted by Crippen LogP contribution is -2.45. The predicted octanol–water partition coefficient (Wildman–Crippen LogP) is 2.93. The van der Waals surface area contributed by atoms with Gasteiger partial charge in [-0.1, -0.05) is 20.3 Å². The number of hydrogen-bond acceptors (Lipinski definition) is 5. The van der Waals surface area contributed by atoms with Gasteiger partial charge < -0.3 is 19.7 Å². The first-order valence-corrected chi connectivity index (χ1v) is 10.5. The number of ether oxygens (including phenoxy) is 2. The second-order valence-electron chi connectivity index (χ2n) is 7.21. The average molecular weight is 405 g/mol. The molecule has 1 aliphatic heterocycles. The first-order chi connectivity index (χ1) is 14.0. The van der Waals surface area contributed by atoms with Gasteiger partial charge in [0.15, 0.2) is 6.61 Å². The van der Waals surface area contributed by atoms with Crippen LogP contribution >= 0.6 is 0 Å². The summed E-state index contributed by atoms with van der Waals surface area (Å²) in [6, 6.07) is 6.97. The van der Waals surface area contributed by atoms with Crippen molar-refractivity contribution < 1.29 is 23.9 Å². The van der Waals surface area contributed by atoms with Crippen molar-refractivity contribution in [3.05, 3.63) is 29.8 Å². The summed E-state index contributed by atoms with van der Waals surface area (Å²) in [6.45, 7) is 4.94. The van der Waals surface area contributed by atoms with Crippen LogP contribution in [0.5, 0.6) is 5.75 Å². The molecule has 0 bridgehead atoms. The van der Waals surface area contributed by atoms with E-state index in [9.17, 15) is 14.4 Å². The topological polar surface area (TPSA) is 84.9 Å². The Bertz CT molecular complexity index is 674. The van der Waals surface area contributed by atoms with Crippen LogP contribution in [-0.4, -0.2) is 55.0 Å². The van der Waals surface area contributed by atoms with E-state index in [0.717, 1.165) is 38.5 Å². The Balaban J connectivity index is 1.71. The molecule has 2 rings (SSSR count). The predicted molar refractivity (Wildman–Crippen MR) is 110 cm³/mol. The number of carbonyl (C=O) groups is 3. The SMILES string of the molecule is CCCCOc1ccc(C(=O)NCC(=O)OCC(=O)N2CCCC[C@H]2CC)cc1. The lowest BCUT2D eigenvalue weighted by atomic mass is 10.00. The van der Waals surface area contributed by atoms with Crippen molar-refractivity contribution in [1.29, 1.82) is 0 Å². The lowest BCUT2D eigenvalue weighted by Gasteiger charge is -2.35. The Morgan fingerprint density at radius 2 is 1.90 bits per heavy atom. The number of unbranched alkanes of at least 4 members (excludes halogenated alkanes) is 1. The fourth-order valence-electron chi connectivity index (χ4n) is 3.32. The van der Waals surface area contributed by atoms with E-state index in [1.54, 1.807) is 29.2 Å². The summed E-state index contributed by atoms with van der Waals surface area (Å²) in [5.74, 6) is -0.474. The zero-order valence-corrected chi connectivity index (χ0v) is 17.4. The van der Waals surface area contributed by atoms with Gasteiger partial charge in [0.1, 0.15) is 12.3 Å². The molecular weight excluding hydrogens is 372 g/mol. The highest BCUT2D eigenvalue weighted by Crippen LogP contribution is 2.19. The Labute approximate surface area is 172 Å². The molecule has 0 aromatic heterocycles. The van der Waals surface area contributed by atoms with Crippen molar-refractivity contribution in [2.24, 2.45) is 0 Å². The molecule has 0 radical (unpaired) electrons. The third kappa shape index (κ3) is 7.40. The minimum absolute atomic E-state index is 0.171. The number of nitrogens with zero attached hydrogens (tertiary/aromatic N) is 1. The molecule has 1 aromatic rings. The Morgan fingerprint density at radius 1 is 1.14 bits per heavy atom. The van der Waals surface area contributed by atoms with Gasteiger partial charge in [-0.25, -0.2) is 0 Å². The number of nitrogens with one attached hydrogen (secondary N) is 1. The molecule has 1 atom stereocenters. The number of piperidine rings is 1. The number of esters is 1. The van der Waals surface area contributed by atoms with E-state index in [4.69, 9.17) is 9.47 Å². The van der Waals surface area contributed by atoms with Gasteiger partial charge in [0.2, 0.25) is 0 Å². The van der Waals surface area contributed by atoms with Gasteiger partial charge in [0, 0.05) is 18.2 Å². The van der Waals surface area contributed by atoms with Crippen LogP contribution in [0.3, 0.4) is 0 Å². The molecule has 0 saturated carbocycles. The zero-order chi connectivity index (χ0) is 21.1. The molecular formula is C22H32N2O5. The fourth-order valence-corrected chi connectivity index (χ4v) is 3.32. The van der Waals surface area contributed by atoms with Gasteiger partial charge in [-0.3, -0.25) is 14.4 Å². The molecule has 29 heavy (non-hydrogen) atoms. The maximum atomic E-state index is 12.3. The summed E-state index contributed by atoms with van der Waals surface area (Å²) in [5, 5.41) is 2.51. The van der Waals surface area contributed by atoms with Crippen molar-refractivity contribution in [2.45, 2.75) is 58.4 Å². The van der Waals surface area contributed by atoms with Crippen LogP contribution in [0.1, 0.15) is 62.7 Å². The van der Waals surface area contributed by atoms with Gasteiger partial charge in [-0.2, -0.15) is 0 Å². The van der Waals surface area contributed by atoms with Crippen LogP contribution in [0.25, 0.3) is 0 Å².